The molecule has 1 aromatic carbocycles. The minimum absolute atomic E-state index is 0.0935. The molecular weight excluding hydrogens is 378 g/mol. The number of nitrogens with one attached hydrogen (secondary N) is 1. The summed E-state index contributed by atoms with van der Waals surface area (Å²) in [6.45, 7) is 2.00. The molecule has 0 aliphatic carbocycles. The van der Waals surface area contributed by atoms with E-state index in [1.54, 1.807) is 6.33 Å². The average Bonchev–Trinajstić information content (AvgIpc) is 3.52. The number of ether oxygens (including phenoxy) is 1. The zero-order chi connectivity index (χ0) is 20.3. The Hall–Kier alpha value is -3.45. The predicted octanol–water partition coefficient (Wildman–Crippen LogP) is 3.15. The van der Waals surface area contributed by atoms with Crippen LogP contribution in [-0.2, 0) is 11.3 Å². The lowest BCUT2D eigenvalue weighted by atomic mass is 10.2. The number of imidazole rings is 2. The van der Waals surface area contributed by atoms with E-state index in [1.807, 2.05) is 57.8 Å². The van der Waals surface area contributed by atoms with Gasteiger partial charge in [0, 0.05) is 32.1 Å². The Labute approximate surface area is 174 Å². The van der Waals surface area contributed by atoms with Gasteiger partial charge in [-0.2, -0.15) is 0 Å². The maximum absolute atomic E-state index is 12.8. The predicted molar refractivity (Wildman–Crippen MR) is 113 cm³/mol. The Morgan fingerprint density at radius 3 is 2.87 bits per heavy atom. The van der Waals surface area contributed by atoms with Crippen molar-refractivity contribution in [3.8, 4) is 11.5 Å². The minimum Gasteiger partial charge on any atom is -0.376 e. The number of fused-ring (bicyclic) bond motifs is 1. The number of hydrogen-bond acceptors (Lipinski definition) is 4. The van der Waals surface area contributed by atoms with Crippen LogP contribution in [-0.4, -0.2) is 44.1 Å². The number of aromatic nitrogens is 4. The van der Waals surface area contributed by atoms with Crippen LogP contribution in [0.1, 0.15) is 28.9 Å². The highest BCUT2D eigenvalue weighted by atomic mass is 16.5. The fourth-order valence-corrected chi connectivity index (χ4v) is 3.84. The van der Waals surface area contributed by atoms with Crippen molar-refractivity contribution in [3.63, 3.8) is 0 Å². The van der Waals surface area contributed by atoms with E-state index < -0.39 is 0 Å². The third kappa shape index (κ3) is 3.71. The number of hydrogen-bond donors (Lipinski definition) is 1. The van der Waals surface area contributed by atoms with Crippen LogP contribution in [0.3, 0.4) is 0 Å². The van der Waals surface area contributed by atoms with E-state index in [4.69, 9.17) is 4.74 Å². The SMILES string of the molecule is O=C(NC[C@@H]1CCCO1)c1nc(-c2cn(Cc3ccccc3)cn2)n2ccccc12. The van der Waals surface area contributed by atoms with Gasteiger partial charge in [0.2, 0.25) is 0 Å². The van der Waals surface area contributed by atoms with Crippen LogP contribution in [0.25, 0.3) is 17.0 Å². The Bertz CT molecular complexity index is 1160. The van der Waals surface area contributed by atoms with Crippen molar-refractivity contribution in [3.05, 3.63) is 78.5 Å². The summed E-state index contributed by atoms with van der Waals surface area (Å²) in [6, 6.07) is 16.0. The highest BCUT2D eigenvalue weighted by Gasteiger charge is 2.21. The zero-order valence-corrected chi connectivity index (χ0v) is 16.6. The fraction of sp³-hybridized carbons (Fsp3) is 0.261. The largest absolute Gasteiger partial charge is 0.376 e. The van der Waals surface area contributed by atoms with Crippen LogP contribution < -0.4 is 5.32 Å². The van der Waals surface area contributed by atoms with Crippen molar-refractivity contribution in [2.75, 3.05) is 13.2 Å². The third-order valence-corrected chi connectivity index (χ3v) is 5.35. The molecule has 0 radical (unpaired) electrons. The van der Waals surface area contributed by atoms with Crippen LogP contribution >= 0.6 is 0 Å². The molecule has 0 spiro atoms. The van der Waals surface area contributed by atoms with Gasteiger partial charge in [-0.15, -0.1) is 0 Å². The van der Waals surface area contributed by atoms with E-state index in [2.05, 4.69) is 27.4 Å². The van der Waals surface area contributed by atoms with E-state index in [1.165, 1.54) is 5.56 Å². The van der Waals surface area contributed by atoms with Crippen LogP contribution in [0.15, 0.2) is 67.3 Å². The first-order valence-corrected chi connectivity index (χ1v) is 10.2. The Morgan fingerprint density at radius 2 is 2.03 bits per heavy atom. The maximum atomic E-state index is 12.8. The van der Waals surface area contributed by atoms with Gasteiger partial charge < -0.3 is 14.6 Å². The number of carbonyl (C=O) groups is 1. The monoisotopic (exact) mass is 401 g/mol. The van der Waals surface area contributed by atoms with E-state index in [-0.39, 0.29) is 12.0 Å². The summed E-state index contributed by atoms with van der Waals surface area (Å²) in [6.07, 6.45) is 7.78. The quantitative estimate of drug-likeness (QED) is 0.539. The summed E-state index contributed by atoms with van der Waals surface area (Å²) >= 11 is 0. The maximum Gasteiger partial charge on any atom is 0.272 e. The summed E-state index contributed by atoms with van der Waals surface area (Å²) in [5.41, 5.74) is 3.09. The van der Waals surface area contributed by atoms with Gasteiger partial charge in [-0.1, -0.05) is 36.4 Å². The van der Waals surface area contributed by atoms with Gasteiger partial charge in [-0.25, -0.2) is 9.97 Å². The fourth-order valence-electron chi connectivity index (χ4n) is 3.84. The molecule has 7 nitrogen and oxygen atoms in total. The number of benzene rings is 1. The smallest absolute Gasteiger partial charge is 0.272 e. The lowest BCUT2D eigenvalue weighted by Gasteiger charge is -2.09. The van der Waals surface area contributed by atoms with E-state index in [9.17, 15) is 4.79 Å². The minimum atomic E-state index is -0.191. The molecule has 4 aromatic rings. The van der Waals surface area contributed by atoms with Crippen molar-refractivity contribution in [1.82, 2.24) is 24.3 Å². The van der Waals surface area contributed by atoms with E-state index >= 15 is 0 Å². The molecule has 1 fully saturated rings. The highest BCUT2D eigenvalue weighted by Crippen LogP contribution is 2.22. The molecule has 1 aliphatic rings. The van der Waals surface area contributed by atoms with Crippen LogP contribution in [0, 0.1) is 0 Å². The molecule has 1 aliphatic heterocycles. The van der Waals surface area contributed by atoms with Crippen molar-refractivity contribution in [2.24, 2.45) is 0 Å². The molecule has 3 aromatic heterocycles. The molecule has 5 rings (SSSR count). The number of amides is 1. The first-order valence-electron chi connectivity index (χ1n) is 10.2. The molecule has 152 valence electrons. The van der Waals surface area contributed by atoms with Gasteiger partial charge in [-0.05, 0) is 30.5 Å². The second-order valence-corrected chi connectivity index (χ2v) is 7.50. The Morgan fingerprint density at radius 1 is 1.17 bits per heavy atom. The number of carbonyl (C=O) groups excluding carboxylic acids is 1. The summed E-state index contributed by atoms with van der Waals surface area (Å²) in [5.74, 6) is 0.462. The molecular formula is C23H23N5O2. The molecule has 1 N–H and O–H groups in total. The average molecular weight is 401 g/mol. The second-order valence-electron chi connectivity index (χ2n) is 7.50. The molecule has 30 heavy (non-hydrogen) atoms. The first kappa shape index (κ1) is 18.6. The Kier molecular flexibility index (Phi) is 5.03. The third-order valence-electron chi connectivity index (χ3n) is 5.35. The lowest BCUT2D eigenvalue weighted by Crippen LogP contribution is -2.32. The Balaban J connectivity index is 1.41. The normalized spacial score (nSPS) is 16.2. The number of nitrogens with zero attached hydrogens (tertiary/aromatic N) is 4. The zero-order valence-electron chi connectivity index (χ0n) is 16.6. The summed E-state index contributed by atoms with van der Waals surface area (Å²) < 4.78 is 9.53. The van der Waals surface area contributed by atoms with Gasteiger partial charge in [-0.3, -0.25) is 9.20 Å². The van der Waals surface area contributed by atoms with Gasteiger partial charge in [0.1, 0.15) is 5.69 Å². The van der Waals surface area contributed by atoms with Gasteiger partial charge >= 0.3 is 0 Å². The standard InChI is InChI=1S/C23H23N5O2/c29-23(24-13-18-9-6-12-30-18)21-20-10-4-5-11-28(20)22(26-21)19-15-27(16-25-19)14-17-7-2-1-3-8-17/h1-5,7-8,10-11,15-16,18H,6,9,12-14H2,(H,24,29)/t18-/m0/s1. The highest BCUT2D eigenvalue weighted by molar-refractivity contribution is 6.00. The molecule has 1 saturated heterocycles. The molecule has 4 heterocycles. The molecule has 7 heteroatoms. The van der Waals surface area contributed by atoms with Crippen LogP contribution in [0.5, 0.6) is 0 Å². The van der Waals surface area contributed by atoms with Crippen LogP contribution in [0.2, 0.25) is 0 Å². The molecule has 1 atom stereocenters. The van der Waals surface area contributed by atoms with E-state index in [0.717, 1.165) is 37.2 Å². The van der Waals surface area contributed by atoms with Crippen LogP contribution in [0.4, 0.5) is 0 Å². The van der Waals surface area contributed by atoms with Gasteiger partial charge in [0.05, 0.1) is 17.9 Å². The summed E-state index contributed by atoms with van der Waals surface area (Å²) in [4.78, 5) is 22.0. The van der Waals surface area contributed by atoms with Crippen molar-refractivity contribution >= 4 is 11.4 Å². The van der Waals surface area contributed by atoms with Gasteiger partial charge in [0.25, 0.3) is 5.91 Å². The van der Waals surface area contributed by atoms with Crippen molar-refractivity contribution in [1.29, 1.82) is 0 Å². The lowest BCUT2D eigenvalue weighted by molar-refractivity contribution is 0.0855. The number of pyridine rings is 1. The molecule has 1 amide bonds. The van der Waals surface area contributed by atoms with Crippen molar-refractivity contribution in [2.45, 2.75) is 25.5 Å². The molecule has 0 unspecified atom stereocenters. The van der Waals surface area contributed by atoms with Crippen molar-refractivity contribution < 1.29 is 9.53 Å². The summed E-state index contributed by atoms with van der Waals surface area (Å²) in [7, 11) is 0. The molecule has 0 bridgehead atoms. The van der Waals surface area contributed by atoms with Gasteiger partial charge in [0.15, 0.2) is 11.5 Å². The second kappa shape index (κ2) is 8.12. The number of rotatable bonds is 6. The first-order chi connectivity index (χ1) is 14.8. The topological polar surface area (TPSA) is 73.4 Å². The van der Waals surface area contributed by atoms with E-state index in [0.29, 0.717) is 18.1 Å². The molecule has 0 saturated carbocycles. The summed E-state index contributed by atoms with van der Waals surface area (Å²) in [5, 5.41) is 2.97.